The van der Waals surface area contributed by atoms with Gasteiger partial charge in [-0.15, -0.1) is 0 Å². The zero-order valence-electron chi connectivity index (χ0n) is 13.1. The quantitative estimate of drug-likeness (QED) is 0.622. The largest absolute Gasteiger partial charge is 0.489 e. The summed E-state index contributed by atoms with van der Waals surface area (Å²) in [6.45, 7) is 0.633. The standard InChI is InChI=1S/C18H17F2NO3/c1-23-9-10-24-17-7-6-15(20)12-16(17)21-18(22)8-5-13-3-2-4-14(19)11-13/h2-8,11-12H,9-10H2,1H3,(H,21,22). The van der Waals surface area contributed by atoms with Crippen LogP contribution in [-0.2, 0) is 9.53 Å². The van der Waals surface area contributed by atoms with E-state index in [1.807, 2.05) is 0 Å². The van der Waals surface area contributed by atoms with Crippen LogP contribution in [0.4, 0.5) is 14.5 Å². The molecule has 0 aromatic heterocycles. The molecule has 126 valence electrons. The topological polar surface area (TPSA) is 47.6 Å². The lowest BCUT2D eigenvalue weighted by Crippen LogP contribution is -2.11. The summed E-state index contributed by atoms with van der Waals surface area (Å²) in [7, 11) is 1.54. The highest BCUT2D eigenvalue weighted by atomic mass is 19.1. The van der Waals surface area contributed by atoms with E-state index >= 15 is 0 Å². The number of halogens is 2. The summed E-state index contributed by atoms with van der Waals surface area (Å²) in [5.41, 5.74) is 0.751. The Morgan fingerprint density at radius 1 is 1.12 bits per heavy atom. The van der Waals surface area contributed by atoms with E-state index < -0.39 is 17.5 Å². The van der Waals surface area contributed by atoms with Gasteiger partial charge in [0.05, 0.1) is 12.3 Å². The zero-order valence-corrected chi connectivity index (χ0v) is 13.1. The van der Waals surface area contributed by atoms with Crippen molar-refractivity contribution in [3.63, 3.8) is 0 Å². The number of methoxy groups -OCH3 is 1. The summed E-state index contributed by atoms with van der Waals surface area (Å²) in [4.78, 5) is 12.0. The van der Waals surface area contributed by atoms with Gasteiger partial charge in [-0.1, -0.05) is 12.1 Å². The molecular formula is C18H17F2NO3. The van der Waals surface area contributed by atoms with E-state index in [9.17, 15) is 13.6 Å². The SMILES string of the molecule is COCCOc1ccc(F)cc1NC(=O)C=Cc1cccc(F)c1. The first kappa shape index (κ1) is 17.6. The van der Waals surface area contributed by atoms with Crippen molar-refractivity contribution >= 4 is 17.7 Å². The Morgan fingerprint density at radius 2 is 1.92 bits per heavy atom. The maximum absolute atomic E-state index is 13.4. The van der Waals surface area contributed by atoms with E-state index in [0.29, 0.717) is 17.9 Å². The minimum absolute atomic E-state index is 0.208. The van der Waals surface area contributed by atoms with Gasteiger partial charge < -0.3 is 14.8 Å². The number of rotatable bonds is 7. The number of benzene rings is 2. The lowest BCUT2D eigenvalue weighted by Gasteiger charge is -2.11. The summed E-state index contributed by atoms with van der Waals surface area (Å²) in [6.07, 6.45) is 2.70. The van der Waals surface area contributed by atoms with Gasteiger partial charge in [-0.25, -0.2) is 8.78 Å². The molecule has 2 aromatic rings. The van der Waals surface area contributed by atoms with Gasteiger partial charge in [-0.05, 0) is 35.9 Å². The molecule has 0 unspecified atom stereocenters. The number of amides is 1. The third-order valence-corrected chi connectivity index (χ3v) is 3.02. The third kappa shape index (κ3) is 5.48. The maximum Gasteiger partial charge on any atom is 0.248 e. The summed E-state index contributed by atoms with van der Waals surface area (Å²) >= 11 is 0. The lowest BCUT2D eigenvalue weighted by atomic mass is 10.2. The van der Waals surface area contributed by atoms with Gasteiger partial charge in [-0.3, -0.25) is 4.79 Å². The summed E-state index contributed by atoms with van der Waals surface area (Å²) in [6, 6.07) is 9.64. The number of hydrogen-bond acceptors (Lipinski definition) is 3. The summed E-state index contributed by atoms with van der Waals surface area (Å²) in [5.74, 6) is -1.04. The molecule has 24 heavy (non-hydrogen) atoms. The first-order valence-electron chi connectivity index (χ1n) is 7.24. The highest BCUT2D eigenvalue weighted by Crippen LogP contribution is 2.25. The van der Waals surface area contributed by atoms with E-state index in [0.717, 1.165) is 6.07 Å². The molecular weight excluding hydrogens is 316 g/mol. The zero-order chi connectivity index (χ0) is 17.4. The first-order chi connectivity index (χ1) is 11.6. The average molecular weight is 333 g/mol. The monoisotopic (exact) mass is 333 g/mol. The van der Waals surface area contributed by atoms with E-state index in [2.05, 4.69) is 5.32 Å². The predicted molar refractivity (Wildman–Crippen MR) is 87.8 cm³/mol. The molecule has 0 radical (unpaired) electrons. The predicted octanol–water partition coefficient (Wildman–Crippen LogP) is 3.64. The van der Waals surface area contributed by atoms with Gasteiger partial charge in [-0.2, -0.15) is 0 Å². The molecule has 0 bridgehead atoms. The van der Waals surface area contributed by atoms with Gasteiger partial charge in [0.1, 0.15) is 24.0 Å². The molecule has 2 rings (SSSR count). The van der Waals surface area contributed by atoms with Crippen LogP contribution in [0, 0.1) is 11.6 Å². The van der Waals surface area contributed by atoms with Crippen LogP contribution in [0.3, 0.4) is 0 Å². The van der Waals surface area contributed by atoms with E-state index in [1.54, 1.807) is 12.1 Å². The molecule has 0 fully saturated rings. The van der Waals surface area contributed by atoms with Gasteiger partial charge in [0, 0.05) is 19.3 Å². The van der Waals surface area contributed by atoms with Crippen LogP contribution in [0.15, 0.2) is 48.5 Å². The smallest absolute Gasteiger partial charge is 0.248 e. The molecule has 0 aliphatic rings. The van der Waals surface area contributed by atoms with Crippen molar-refractivity contribution in [2.45, 2.75) is 0 Å². The number of hydrogen-bond donors (Lipinski definition) is 1. The Kier molecular flexibility index (Phi) is 6.45. The normalized spacial score (nSPS) is 10.8. The number of carbonyl (C=O) groups excluding carboxylic acids is 1. The molecule has 0 saturated carbocycles. The van der Waals surface area contributed by atoms with Crippen molar-refractivity contribution in [2.75, 3.05) is 25.6 Å². The minimum Gasteiger partial charge on any atom is -0.489 e. The average Bonchev–Trinajstić information content (AvgIpc) is 2.55. The highest BCUT2D eigenvalue weighted by Gasteiger charge is 2.08. The molecule has 0 atom stereocenters. The van der Waals surface area contributed by atoms with Crippen LogP contribution in [-0.4, -0.2) is 26.2 Å². The fraction of sp³-hybridized carbons (Fsp3) is 0.167. The Labute approximate surface area is 138 Å². The molecule has 1 N–H and O–H groups in total. The minimum atomic E-state index is -0.501. The van der Waals surface area contributed by atoms with Crippen molar-refractivity contribution in [2.24, 2.45) is 0 Å². The molecule has 2 aromatic carbocycles. The van der Waals surface area contributed by atoms with Crippen molar-refractivity contribution in [1.82, 2.24) is 0 Å². The Morgan fingerprint density at radius 3 is 2.67 bits per heavy atom. The van der Waals surface area contributed by atoms with Crippen molar-refractivity contribution in [1.29, 1.82) is 0 Å². The van der Waals surface area contributed by atoms with Gasteiger partial charge >= 0.3 is 0 Å². The van der Waals surface area contributed by atoms with Crippen LogP contribution < -0.4 is 10.1 Å². The molecule has 0 saturated heterocycles. The second kappa shape index (κ2) is 8.79. The number of nitrogens with one attached hydrogen (secondary N) is 1. The fourth-order valence-corrected chi connectivity index (χ4v) is 1.92. The van der Waals surface area contributed by atoms with Crippen LogP contribution in [0.25, 0.3) is 6.08 Å². The van der Waals surface area contributed by atoms with Gasteiger partial charge in [0.2, 0.25) is 5.91 Å². The number of carbonyl (C=O) groups is 1. The molecule has 0 heterocycles. The Hall–Kier alpha value is -2.73. The van der Waals surface area contributed by atoms with Crippen LogP contribution >= 0.6 is 0 Å². The molecule has 0 aliphatic carbocycles. The third-order valence-electron chi connectivity index (χ3n) is 3.02. The van der Waals surface area contributed by atoms with E-state index in [-0.39, 0.29) is 12.3 Å². The Bertz CT molecular complexity index is 732. The van der Waals surface area contributed by atoms with Crippen molar-refractivity contribution in [3.8, 4) is 5.75 Å². The maximum atomic E-state index is 13.4. The summed E-state index contributed by atoms with van der Waals surface area (Å²) < 4.78 is 36.8. The van der Waals surface area contributed by atoms with E-state index in [1.165, 1.54) is 43.5 Å². The van der Waals surface area contributed by atoms with Crippen LogP contribution in [0.1, 0.15) is 5.56 Å². The van der Waals surface area contributed by atoms with Crippen molar-refractivity contribution < 1.29 is 23.0 Å². The second-order valence-corrected chi connectivity index (χ2v) is 4.86. The van der Waals surface area contributed by atoms with Crippen LogP contribution in [0.2, 0.25) is 0 Å². The summed E-state index contributed by atoms with van der Waals surface area (Å²) in [5, 5.41) is 2.54. The number of anilines is 1. The van der Waals surface area contributed by atoms with Crippen molar-refractivity contribution in [3.05, 3.63) is 65.7 Å². The van der Waals surface area contributed by atoms with Gasteiger partial charge in [0.15, 0.2) is 0 Å². The molecule has 0 aliphatic heterocycles. The molecule has 0 spiro atoms. The van der Waals surface area contributed by atoms with E-state index in [4.69, 9.17) is 9.47 Å². The first-order valence-corrected chi connectivity index (χ1v) is 7.24. The number of ether oxygens (including phenoxy) is 2. The Balaban J connectivity index is 2.06. The molecule has 4 nitrogen and oxygen atoms in total. The highest BCUT2D eigenvalue weighted by molar-refractivity contribution is 6.02. The lowest BCUT2D eigenvalue weighted by molar-refractivity contribution is -0.111. The molecule has 1 amide bonds. The second-order valence-electron chi connectivity index (χ2n) is 4.86. The van der Waals surface area contributed by atoms with Gasteiger partial charge in [0.25, 0.3) is 0 Å². The fourth-order valence-electron chi connectivity index (χ4n) is 1.92. The molecule has 6 heteroatoms. The van der Waals surface area contributed by atoms with Crippen LogP contribution in [0.5, 0.6) is 5.75 Å².